The van der Waals surface area contributed by atoms with Crippen LogP contribution in [-0.2, 0) is 48.7 Å². The maximum absolute atomic E-state index is 5.31. The molecule has 0 bridgehead atoms. The standard InChI is InChI=1S/2C13H15N.4C12H15N.2C11H14N2.C11H14O2/c1-13(2,3)11-8-4-6-10-7-5-9-14-12(10)11;1-13(2,3)12-9-8-10-6-4-5-7-11(10)14-12;1-12(2,3)10-4-5-11-9(8-10)6-7-13-11;1-12(2,3)10-5-4-9-6-7-13-11(9)8-10;1-12(2,3)10-5-4-6-11-9(10)7-8-13-11;1-12(2,3)10-6-4-5-9-7-8-13-11(9)10;1-11(2,3)9-4-5-10-8(6-9)7-12-13-10;1-11(2,3)9-5-4-8-7-12-13-10(8)6-9;1-11(2,3)8-4-5-9-10(6-8)13-7-12-9/h2*4-9H,1-3H3;4*4-8,13H,1-3H3;2*4-7H,1-3H3,(H,12,13);4-6H,7H2,1-3H3. The van der Waals surface area contributed by atoms with E-state index in [1.54, 1.807) is 0 Å². The maximum Gasteiger partial charge on any atom is 0.231 e. The average molecular weight is 1590 g/mol. The predicted octanol–water partition coefficient (Wildman–Crippen LogP) is 29.4. The Morgan fingerprint density at radius 3 is 1.37 bits per heavy atom. The number of H-pyrrole nitrogens is 6. The minimum atomic E-state index is 0.129. The summed E-state index contributed by atoms with van der Waals surface area (Å²) in [6.45, 7) is 60.3. The van der Waals surface area contributed by atoms with Crippen molar-refractivity contribution in [3.05, 3.63) is 312 Å². The van der Waals surface area contributed by atoms with E-state index >= 15 is 0 Å². The molecule has 6 N–H and O–H groups in total. The fourth-order valence-corrected chi connectivity index (χ4v) is 13.9. The van der Waals surface area contributed by atoms with Crippen molar-refractivity contribution >= 4 is 87.2 Å². The molecule has 9 heterocycles. The number of nitrogens with zero attached hydrogens (tertiary/aromatic N) is 4. The smallest absolute Gasteiger partial charge is 0.231 e. The molecule has 1 aliphatic heterocycles. The molecule has 18 rings (SSSR count). The van der Waals surface area contributed by atoms with Gasteiger partial charge in [-0.15, -0.1) is 0 Å². The Bertz CT molecular complexity index is 5690. The zero-order valence-corrected chi connectivity index (χ0v) is 76.1. The number of ether oxygens (including phenoxy) is 2. The highest BCUT2D eigenvalue weighted by Gasteiger charge is 2.24. The van der Waals surface area contributed by atoms with Crippen LogP contribution in [0.15, 0.2) is 262 Å². The fourth-order valence-electron chi connectivity index (χ4n) is 13.9. The summed E-state index contributed by atoms with van der Waals surface area (Å²) >= 11 is 0. The highest BCUT2D eigenvalue weighted by Crippen LogP contribution is 2.38. The van der Waals surface area contributed by atoms with Crippen molar-refractivity contribution in [3.8, 4) is 11.5 Å². The third-order valence-corrected chi connectivity index (χ3v) is 21.3. The predicted molar refractivity (Wildman–Crippen MR) is 510 cm³/mol. The summed E-state index contributed by atoms with van der Waals surface area (Å²) < 4.78 is 10.6. The van der Waals surface area contributed by atoms with Crippen LogP contribution in [0.4, 0.5) is 0 Å². The summed E-state index contributed by atoms with van der Waals surface area (Å²) in [6.07, 6.45) is 13.5. The van der Waals surface area contributed by atoms with E-state index in [-0.39, 0.29) is 48.7 Å². The number of rotatable bonds is 0. The molecule has 0 aliphatic carbocycles. The summed E-state index contributed by atoms with van der Waals surface area (Å²) in [5, 5.41) is 23.9. The topological polar surface area (TPSA) is 165 Å². The Hall–Kier alpha value is -11.5. The van der Waals surface area contributed by atoms with Gasteiger partial charge in [-0.3, -0.25) is 20.2 Å². The van der Waals surface area contributed by atoms with E-state index in [1.807, 2.05) is 67.6 Å². The molecule has 119 heavy (non-hydrogen) atoms. The van der Waals surface area contributed by atoms with Crippen molar-refractivity contribution in [1.29, 1.82) is 0 Å². The second-order valence-electron chi connectivity index (χ2n) is 40.5. The number of aromatic amines is 6. The van der Waals surface area contributed by atoms with E-state index in [0.717, 1.165) is 39.3 Å². The van der Waals surface area contributed by atoms with Crippen LogP contribution in [0.2, 0.25) is 0 Å². The van der Waals surface area contributed by atoms with E-state index < -0.39 is 0 Å². The Labute approximate surface area is 708 Å². The number of hydrogen-bond donors (Lipinski definition) is 6. The number of benzene rings is 9. The van der Waals surface area contributed by atoms with Crippen LogP contribution in [0, 0.1) is 0 Å². The van der Waals surface area contributed by atoms with Crippen LogP contribution in [0.25, 0.3) is 87.2 Å². The van der Waals surface area contributed by atoms with E-state index in [0.29, 0.717) is 6.79 Å². The molecule has 0 amide bonds. The van der Waals surface area contributed by atoms with Crippen LogP contribution < -0.4 is 9.47 Å². The molecular weight excluding hydrogens is 1460 g/mol. The first-order valence-corrected chi connectivity index (χ1v) is 42.0. The highest BCUT2D eigenvalue weighted by atomic mass is 16.7. The molecule has 0 fully saturated rings. The van der Waals surface area contributed by atoms with Crippen molar-refractivity contribution in [2.24, 2.45) is 0 Å². The normalized spacial score (nSPS) is 12.4. The van der Waals surface area contributed by atoms with Gasteiger partial charge in [0.15, 0.2) is 11.5 Å². The number of para-hydroxylation sites is 3. The molecule has 0 radical (unpaired) electrons. The summed E-state index contributed by atoms with van der Waals surface area (Å²) in [4.78, 5) is 22.1. The number of hydrogen-bond acceptors (Lipinski definition) is 6. The van der Waals surface area contributed by atoms with Crippen molar-refractivity contribution < 1.29 is 9.47 Å². The van der Waals surface area contributed by atoms with Gasteiger partial charge in [0.05, 0.1) is 34.5 Å². The molecule has 0 atom stereocenters. The van der Waals surface area contributed by atoms with Gasteiger partial charge in [-0.1, -0.05) is 308 Å². The molecule has 0 unspecified atom stereocenters. The van der Waals surface area contributed by atoms with Gasteiger partial charge in [0, 0.05) is 91.1 Å². The zero-order valence-electron chi connectivity index (χ0n) is 76.1. The van der Waals surface area contributed by atoms with Gasteiger partial charge in [0.1, 0.15) is 0 Å². The Morgan fingerprint density at radius 1 is 0.277 bits per heavy atom. The molecule has 0 saturated carbocycles. The van der Waals surface area contributed by atoms with Crippen LogP contribution in [0.3, 0.4) is 0 Å². The monoisotopic (exact) mass is 1590 g/mol. The van der Waals surface area contributed by atoms with E-state index in [1.165, 1.54) is 110 Å². The van der Waals surface area contributed by atoms with Gasteiger partial charge >= 0.3 is 0 Å². The van der Waals surface area contributed by atoms with Crippen molar-refractivity contribution in [2.75, 3.05) is 6.79 Å². The summed E-state index contributed by atoms with van der Waals surface area (Å²) in [6, 6.07) is 76.5. The van der Waals surface area contributed by atoms with E-state index in [9.17, 15) is 0 Å². The quantitative estimate of drug-likeness (QED) is 0.0885. The van der Waals surface area contributed by atoms with Gasteiger partial charge in [-0.2, -0.15) is 10.2 Å². The van der Waals surface area contributed by atoms with Crippen LogP contribution in [0.1, 0.15) is 237 Å². The SMILES string of the molecule is CC(C)(C)c1ccc2[nH]ccc2c1.CC(C)(C)c1ccc2[nH]ncc2c1.CC(C)(C)c1ccc2c(c1)OCO2.CC(C)(C)c1ccc2cc[nH]c2c1.CC(C)(C)c1ccc2ccccc2n1.CC(C)(C)c1ccc2cn[nH]c2c1.CC(C)(C)c1cccc2[nH]ccc12.CC(C)(C)c1cccc2cc[nH]c12.CC(C)(C)c1cccc2cccnc12. The zero-order chi connectivity index (χ0) is 86.7. The molecule has 1 aliphatic rings. The van der Waals surface area contributed by atoms with Crippen molar-refractivity contribution in [2.45, 2.75) is 236 Å². The second kappa shape index (κ2) is 36.8. The van der Waals surface area contributed by atoms with Crippen molar-refractivity contribution in [3.63, 3.8) is 0 Å². The lowest BCUT2D eigenvalue weighted by Crippen LogP contribution is -2.13. The van der Waals surface area contributed by atoms with Crippen molar-refractivity contribution in [1.82, 2.24) is 50.3 Å². The molecule has 622 valence electrons. The highest BCUT2D eigenvalue weighted by molar-refractivity contribution is 5.87. The molecule has 12 nitrogen and oxygen atoms in total. The molecule has 0 saturated heterocycles. The molecule has 9 aromatic carbocycles. The van der Waals surface area contributed by atoms with Gasteiger partial charge < -0.3 is 29.4 Å². The third kappa shape index (κ3) is 24.4. The molecule has 0 spiro atoms. The molecule has 17 aromatic rings. The number of aromatic nitrogens is 10. The van der Waals surface area contributed by atoms with E-state index in [4.69, 9.17) is 9.47 Å². The summed E-state index contributed by atoms with van der Waals surface area (Å²) in [7, 11) is 0. The fraction of sp³-hybridized carbons (Fsp3) is 0.346. The molecular formula is C107H132N10O2. The largest absolute Gasteiger partial charge is 0.454 e. The summed E-state index contributed by atoms with van der Waals surface area (Å²) in [5.41, 5.74) is 23.2. The van der Waals surface area contributed by atoms with Gasteiger partial charge in [0.25, 0.3) is 0 Å². The Kier molecular flexibility index (Phi) is 27.8. The van der Waals surface area contributed by atoms with Gasteiger partial charge in [-0.25, -0.2) is 0 Å². The van der Waals surface area contributed by atoms with Crippen LogP contribution >= 0.6 is 0 Å². The average Bonchev–Trinajstić information content (AvgIpc) is 0.966. The van der Waals surface area contributed by atoms with E-state index in [2.05, 4.69) is 431 Å². The van der Waals surface area contributed by atoms with Gasteiger partial charge in [-0.05, 0) is 201 Å². The first-order valence-electron chi connectivity index (χ1n) is 42.0. The second-order valence-corrected chi connectivity index (χ2v) is 40.5. The number of nitrogens with one attached hydrogen (secondary N) is 6. The Balaban J connectivity index is 0.000000141. The third-order valence-electron chi connectivity index (χ3n) is 21.3. The van der Waals surface area contributed by atoms with Gasteiger partial charge in [0.2, 0.25) is 6.79 Å². The minimum absolute atomic E-state index is 0.129. The number of fused-ring (bicyclic) bond motifs is 9. The maximum atomic E-state index is 5.31. The first kappa shape index (κ1) is 89.8. The minimum Gasteiger partial charge on any atom is -0.454 e. The van der Waals surface area contributed by atoms with Crippen LogP contribution in [0.5, 0.6) is 11.5 Å². The summed E-state index contributed by atoms with van der Waals surface area (Å²) in [5.74, 6) is 1.72. The lowest BCUT2D eigenvalue weighted by molar-refractivity contribution is 0.174. The molecule has 8 aromatic heterocycles. The Morgan fingerprint density at radius 2 is 0.731 bits per heavy atom. The number of pyridine rings is 2. The lowest BCUT2D eigenvalue weighted by atomic mass is 9.85. The first-order chi connectivity index (χ1) is 55.7. The van der Waals surface area contributed by atoms with Crippen LogP contribution in [-0.4, -0.2) is 57.1 Å². The lowest BCUT2D eigenvalue weighted by Gasteiger charge is -2.20. The molecule has 12 heteroatoms.